The van der Waals surface area contributed by atoms with Crippen LogP contribution in [0.4, 0.5) is 4.79 Å². The Kier molecular flexibility index (Phi) is 4.50. The van der Waals surface area contributed by atoms with E-state index in [9.17, 15) is 4.79 Å². The first-order valence-electron chi connectivity index (χ1n) is 6.06. The number of nitrogens with zero attached hydrogens (tertiary/aromatic N) is 1. The Hall–Kier alpha value is -1.46. The topological polar surface area (TPSA) is 59.0 Å². The van der Waals surface area contributed by atoms with Crippen LogP contribution in [0.15, 0.2) is 24.3 Å². The highest BCUT2D eigenvalue weighted by Gasteiger charge is 2.34. The number of aliphatic hydroxyl groups excluding tert-OH is 1. The summed E-state index contributed by atoms with van der Waals surface area (Å²) >= 11 is 5.85. The predicted molar refractivity (Wildman–Crippen MR) is 70.5 cm³/mol. The van der Waals surface area contributed by atoms with Crippen LogP contribution in [0.2, 0.25) is 5.02 Å². The molecule has 1 saturated heterocycles. The van der Waals surface area contributed by atoms with E-state index in [2.05, 4.69) is 0 Å². The van der Waals surface area contributed by atoms with Crippen LogP contribution in [0.25, 0.3) is 0 Å². The molecule has 2 unspecified atom stereocenters. The highest BCUT2D eigenvalue weighted by molar-refractivity contribution is 6.30. The summed E-state index contributed by atoms with van der Waals surface area (Å²) in [5.41, 5.74) is 0. The number of rotatable bonds is 5. The van der Waals surface area contributed by atoms with Gasteiger partial charge in [-0.2, -0.15) is 0 Å². The molecule has 1 aliphatic heterocycles. The van der Waals surface area contributed by atoms with Crippen LogP contribution < -0.4 is 4.74 Å². The van der Waals surface area contributed by atoms with Gasteiger partial charge in [-0.25, -0.2) is 4.79 Å². The van der Waals surface area contributed by atoms with Gasteiger partial charge < -0.3 is 14.6 Å². The molecule has 0 spiro atoms. The fraction of sp³-hybridized carbons (Fsp3) is 0.462. The van der Waals surface area contributed by atoms with Gasteiger partial charge in [-0.05, 0) is 25.1 Å². The van der Waals surface area contributed by atoms with E-state index in [1.54, 1.807) is 31.2 Å². The quantitative estimate of drug-likeness (QED) is 0.898. The Morgan fingerprint density at radius 1 is 1.63 bits per heavy atom. The summed E-state index contributed by atoms with van der Waals surface area (Å²) in [7, 11) is 0. The lowest BCUT2D eigenvalue weighted by atomic mass is 10.3. The third-order valence-corrected chi connectivity index (χ3v) is 3.17. The van der Waals surface area contributed by atoms with Gasteiger partial charge in [-0.15, -0.1) is 0 Å². The van der Waals surface area contributed by atoms with Crippen LogP contribution in [0.1, 0.15) is 6.92 Å². The predicted octanol–water partition coefficient (Wildman–Crippen LogP) is 1.92. The second-order valence-electron chi connectivity index (χ2n) is 4.46. The first-order chi connectivity index (χ1) is 9.10. The molecule has 1 N–H and O–H groups in total. The zero-order chi connectivity index (χ0) is 13.8. The maximum Gasteiger partial charge on any atom is 0.410 e. The van der Waals surface area contributed by atoms with Gasteiger partial charge in [-0.1, -0.05) is 17.7 Å². The van der Waals surface area contributed by atoms with E-state index in [0.29, 0.717) is 17.3 Å². The molecular weight excluding hydrogens is 270 g/mol. The van der Waals surface area contributed by atoms with Crippen LogP contribution in [-0.2, 0) is 4.74 Å². The normalized spacial score (nSPS) is 20.3. The second-order valence-corrected chi connectivity index (χ2v) is 4.89. The molecule has 1 aromatic rings. The number of hydrogen-bond acceptors (Lipinski definition) is 4. The number of ether oxygens (including phenoxy) is 2. The summed E-state index contributed by atoms with van der Waals surface area (Å²) in [6.45, 7) is 2.36. The average Bonchev–Trinajstić information content (AvgIpc) is 2.77. The molecule has 1 heterocycles. The largest absolute Gasteiger partial charge is 0.490 e. The molecule has 2 rings (SSSR count). The van der Waals surface area contributed by atoms with Gasteiger partial charge in [0.1, 0.15) is 12.4 Å². The van der Waals surface area contributed by atoms with Gasteiger partial charge in [-0.3, -0.25) is 4.90 Å². The maximum atomic E-state index is 11.6. The molecule has 19 heavy (non-hydrogen) atoms. The maximum absolute atomic E-state index is 11.6. The molecule has 1 fully saturated rings. The smallest absolute Gasteiger partial charge is 0.410 e. The van der Waals surface area contributed by atoms with Crippen LogP contribution in [0, 0.1) is 0 Å². The van der Waals surface area contributed by atoms with Gasteiger partial charge in [0.25, 0.3) is 0 Å². The number of carbonyl (C=O) groups excluding carboxylic acids is 1. The van der Waals surface area contributed by atoms with Gasteiger partial charge in [0.05, 0.1) is 19.2 Å². The SMILES string of the molecule is CC(CO)N1CC(COc2cccc(Cl)c2)OC1=O. The van der Waals surface area contributed by atoms with Crippen molar-refractivity contribution in [2.24, 2.45) is 0 Å². The molecule has 2 atom stereocenters. The summed E-state index contributed by atoms with van der Waals surface area (Å²) < 4.78 is 10.7. The highest BCUT2D eigenvalue weighted by atomic mass is 35.5. The van der Waals surface area contributed by atoms with E-state index in [1.165, 1.54) is 4.90 Å². The lowest BCUT2D eigenvalue weighted by Gasteiger charge is -2.19. The number of cyclic esters (lactones) is 1. The minimum absolute atomic E-state index is 0.0863. The molecule has 1 aromatic carbocycles. The summed E-state index contributed by atoms with van der Waals surface area (Å²) in [4.78, 5) is 13.1. The van der Waals surface area contributed by atoms with Crippen molar-refractivity contribution in [1.29, 1.82) is 0 Å². The van der Waals surface area contributed by atoms with Crippen molar-refractivity contribution in [3.63, 3.8) is 0 Å². The van der Waals surface area contributed by atoms with Crippen LogP contribution in [0.3, 0.4) is 0 Å². The molecule has 0 aromatic heterocycles. The zero-order valence-corrected chi connectivity index (χ0v) is 11.3. The molecule has 0 saturated carbocycles. The Bertz CT molecular complexity index is 454. The number of benzene rings is 1. The van der Waals surface area contributed by atoms with E-state index in [-0.39, 0.29) is 25.4 Å². The van der Waals surface area contributed by atoms with Gasteiger partial charge >= 0.3 is 6.09 Å². The summed E-state index contributed by atoms with van der Waals surface area (Å²) in [6.07, 6.45) is -0.748. The Morgan fingerprint density at radius 3 is 3.11 bits per heavy atom. The lowest BCUT2D eigenvalue weighted by molar-refractivity contribution is 0.0997. The number of hydrogen-bond donors (Lipinski definition) is 1. The molecule has 0 radical (unpaired) electrons. The molecular formula is C13H16ClNO4. The minimum Gasteiger partial charge on any atom is -0.490 e. The number of halogens is 1. The fourth-order valence-corrected chi connectivity index (χ4v) is 2.01. The lowest BCUT2D eigenvalue weighted by Crippen LogP contribution is -2.37. The first kappa shape index (κ1) is 14.0. The highest BCUT2D eigenvalue weighted by Crippen LogP contribution is 2.19. The van der Waals surface area contributed by atoms with Crippen molar-refractivity contribution >= 4 is 17.7 Å². The molecule has 1 aliphatic rings. The van der Waals surface area contributed by atoms with E-state index in [4.69, 9.17) is 26.2 Å². The molecule has 104 valence electrons. The Morgan fingerprint density at radius 2 is 2.42 bits per heavy atom. The molecule has 5 nitrogen and oxygen atoms in total. The van der Waals surface area contributed by atoms with Gasteiger partial charge in [0, 0.05) is 5.02 Å². The van der Waals surface area contributed by atoms with Crippen molar-refractivity contribution in [1.82, 2.24) is 4.90 Å². The average molecular weight is 286 g/mol. The van der Waals surface area contributed by atoms with E-state index < -0.39 is 6.09 Å². The zero-order valence-electron chi connectivity index (χ0n) is 10.6. The van der Waals surface area contributed by atoms with E-state index in [0.717, 1.165) is 0 Å². The molecule has 6 heteroatoms. The summed E-state index contributed by atoms with van der Waals surface area (Å²) in [5.74, 6) is 0.636. The number of carbonyl (C=O) groups is 1. The number of amides is 1. The second kappa shape index (κ2) is 6.12. The van der Waals surface area contributed by atoms with Gasteiger partial charge in [0.15, 0.2) is 6.10 Å². The third-order valence-electron chi connectivity index (χ3n) is 2.93. The standard InChI is InChI=1S/C13H16ClNO4/c1-9(7-16)15-6-12(19-13(15)17)8-18-11-4-2-3-10(14)5-11/h2-5,9,12,16H,6-8H2,1H3. The van der Waals surface area contributed by atoms with Crippen LogP contribution >= 0.6 is 11.6 Å². The van der Waals surface area contributed by atoms with Crippen molar-refractivity contribution in [2.45, 2.75) is 19.1 Å². The molecule has 0 bridgehead atoms. The van der Waals surface area contributed by atoms with Crippen LogP contribution in [-0.4, -0.2) is 48.0 Å². The molecule has 1 amide bonds. The third kappa shape index (κ3) is 3.52. The number of aliphatic hydroxyl groups is 1. The fourth-order valence-electron chi connectivity index (χ4n) is 1.83. The van der Waals surface area contributed by atoms with Crippen molar-refractivity contribution in [3.05, 3.63) is 29.3 Å². The van der Waals surface area contributed by atoms with Crippen molar-refractivity contribution < 1.29 is 19.4 Å². The van der Waals surface area contributed by atoms with Gasteiger partial charge in [0.2, 0.25) is 0 Å². The summed E-state index contributed by atoms with van der Waals surface area (Å²) in [5, 5.41) is 9.64. The molecule has 0 aliphatic carbocycles. The van der Waals surface area contributed by atoms with Crippen LogP contribution in [0.5, 0.6) is 5.75 Å². The summed E-state index contributed by atoms with van der Waals surface area (Å²) in [6, 6.07) is 6.79. The van der Waals surface area contributed by atoms with Crippen molar-refractivity contribution in [2.75, 3.05) is 19.8 Å². The minimum atomic E-state index is -0.416. The Balaban J connectivity index is 1.86. The Labute approximate surface area is 116 Å². The van der Waals surface area contributed by atoms with Crippen molar-refractivity contribution in [3.8, 4) is 5.75 Å². The monoisotopic (exact) mass is 285 g/mol. The van der Waals surface area contributed by atoms with E-state index in [1.807, 2.05) is 0 Å². The first-order valence-corrected chi connectivity index (χ1v) is 6.44. The van der Waals surface area contributed by atoms with E-state index >= 15 is 0 Å².